The molecule has 0 aliphatic carbocycles. The first-order valence-corrected chi connectivity index (χ1v) is 8.81. The maximum absolute atomic E-state index is 13.1. The predicted octanol–water partition coefficient (Wildman–Crippen LogP) is 4.24. The standard InChI is InChI=1S/C19H19ClN2O5/c1-26-13-6-8-18(27-2)15(11-13)17-4-3-9-21(17)19(23)14-7-5-12(22(24)25)10-16(14)20/h5-8,10-11,17H,3-4,9H2,1-2H3/t17-/m0/s1. The van der Waals surface area contributed by atoms with Gasteiger partial charge in [-0.2, -0.15) is 0 Å². The zero-order chi connectivity index (χ0) is 19.6. The number of halogens is 1. The molecule has 1 aliphatic heterocycles. The number of nitro benzene ring substituents is 1. The van der Waals surface area contributed by atoms with Crippen molar-refractivity contribution < 1.29 is 19.2 Å². The molecule has 0 N–H and O–H groups in total. The van der Waals surface area contributed by atoms with E-state index in [0.29, 0.717) is 18.0 Å². The summed E-state index contributed by atoms with van der Waals surface area (Å²) in [5, 5.41) is 11.0. The lowest BCUT2D eigenvalue weighted by molar-refractivity contribution is -0.384. The first-order chi connectivity index (χ1) is 13.0. The molecule has 0 unspecified atom stereocenters. The molecule has 0 saturated carbocycles. The van der Waals surface area contributed by atoms with E-state index in [9.17, 15) is 14.9 Å². The number of non-ortho nitro benzene ring substituents is 1. The van der Waals surface area contributed by atoms with Gasteiger partial charge in [-0.3, -0.25) is 14.9 Å². The fourth-order valence-corrected chi connectivity index (χ4v) is 3.63. The fourth-order valence-electron chi connectivity index (χ4n) is 3.38. The maximum Gasteiger partial charge on any atom is 0.270 e. The highest BCUT2D eigenvalue weighted by Gasteiger charge is 2.33. The second-order valence-electron chi connectivity index (χ2n) is 6.19. The van der Waals surface area contributed by atoms with E-state index in [2.05, 4.69) is 0 Å². The monoisotopic (exact) mass is 390 g/mol. The number of benzene rings is 2. The second-order valence-corrected chi connectivity index (χ2v) is 6.59. The number of ether oxygens (including phenoxy) is 2. The number of carbonyl (C=O) groups excluding carboxylic acids is 1. The highest BCUT2D eigenvalue weighted by atomic mass is 35.5. The quantitative estimate of drug-likeness (QED) is 0.563. The predicted molar refractivity (Wildman–Crippen MR) is 101 cm³/mol. The molecule has 1 saturated heterocycles. The Kier molecular flexibility index (Phi) is 5.51. The first-order valence-electron chi connectivity index (χ1n) is 8.43. The van der Waals surface area contributed by atoms with Gasteiger partial charge in [0.2, 0.25) is 0 Å². The third kappa shape index (κ3) is 3.68. The van der Waals surface area contributed by atoms with Gasteiger partial charge in [0.25, 0.3) is 11.6 Å². The van der Waals surface area contributed by atoms with Gasteiger partial charge in [-0.1, -0.05) is 11.6 Å². The van der Waals surface area contributed by atoms with Gasteiger partial charge < -0.3 is 14.4 Å². The Hall–Kier alpha value is -2.80. The van der Waals surface area contributed by atoms with Gasteiger partial charge >= 0.3 is 0 Å². The summed E-state index contributed by atoms with van der Waals surface area (Å²) in [7, 11) is 3.17. The van der Waals surface area contributed by atoms with Crippen LogP contribution in [0.4, 0.5) is 5.69 Å². The van der Waals surface area contributed by atoms with E-state index >= 15 is 0 Å². The molecule has 142 valence electrons. The lowest BCUT2D eigenvalue weighted by Crippen LogP contribution is -2.31. The summed E-state index contributed by atoms with van der Waals surface area (Å²) in [4.78, 5) is 25.2. The molecular formula is C19H19ClN2O5. The number of hydrogen-bond donors (Lipinski definition) is 0. The summed E-state index contributed by atoms with van der Waals surface area (Å²) in [6.45, 7) is 0.567. The fraction of sp³-hybridized carbons (Fsp3) is 0.316. The van der Waals surface area contributed by atoms with Crippen LogP contribution in [0.1, 0.15) is 34.8 Å². The summed E-state index contributed by atoms with van der Waals surface area (Å²) >= 11 is 6.15. The topological polar surface area (TPSA) is 81.9 Å². The van der Waals surface area contributed by atoms with E-state index in [1.54, 1.807) is 25.2 Å². The molecule has 8 heteroatoms. The lowest BCUT2D eigenvalue weighted by atomic mass is 10.0. The summed E-state index contributed by atoms with van der Waals surface area (Å²) in [5.74, 6) is 1.09. The normalized spacial score (nSPS) is 16.3. The number of nitro groups is 1. The Bertz CT molecular complexity index is 886. The zero-order valence-electron chi connectivity index (χ0n) is 15.0. The van der Waals surface area contributed by atoms with E-state index in [1.165, 1.54) is 18.2 Å². The lowest BCUT2D eigenvalue weighted by Gasteiger charge is -2.27. The molecule has 1 fully saturated rings. The molecule has 0 bridgehead atoms. The number of carbonyl (C=O) groups is 1. The summed E-state index contributed by atoms with van der Waals surface area (Å²) in [5.41, 5.74) is 0.959. The van der Waals surface area contributed by atoms with Crippen molar-refractivity contribution >= 4 is 23.2 Å². The van der Waals surface area contributed by atoms with Crippen molar-refractivity contribution in [3.8, 4) is 11.5 Å². The molecular weight excluding hydrogens is 372 g/mol. The number of nitrogens with zero attached hydrogens (tertiary/aromatic N) is 2. The minimum absolute atomic E-state index is 0.0671. The van der Waals surface area contributed by atoms with Gasteiger partial charge in [-0.05, 0) is 37.1 Å². The van der Waals surface area contributed by atoms with Crippen molar-refractivity contribution in [2.45, 2.75) is 18.9 Å². The molecule has 0 aromatic heterocycles. The Balaban J connectivity index is 1.95. The van der Waals surface area contributed by atoms with E-state index in [0.717, 1.165) is 18.4 Å². The second kappa shape index (κ2) is 7.84. The van der Waals surface area contributed by atoms with Crippen LogP contribution in [0.25, 0.3) is 0 Å². The zero-order valence-corrected chi connectivity index (χ0v) is 15.7. The molecule has 0 radical (unpaired) electrons. The van der Waals surface area contributed by atoms with E-state index in [4.69, 9.17) is 21.1 Å². The minimum Gasteiger partial charge on any atom is -0.497 e. The van der Waals surface area contributed by atoms with E-state index < -0.39 is 4.92 Å². The summed E-state index contributed by atoms with van der Waals surface area (Å²) in [6, 6.07) is 9.19. The van der Waals surface area contributed by atoms with Crippen molar-refractivity contribution in [1.82, 2.24) is 4.90 Å². The van der Waals surface area contributed by atoms with Gasteiger partial charge in [0.15, 0.2) is 0 Å². The molecule has 1 amide bonds. The van der Waals surface area contributed by atoms with E-state index in [-0.39, 0.29) is 28.2 Å². The van der Waals surface area contributed by atoms with Gasteiger partial charge in [0, 0.05) is 24.2 Å². The smallest absolute Gasteiger partial charge is 0.270 e. The van der Waals surface area contributed by atoms with Crippen LogP contribution >= 0.6 is 11.6 Å². The van der Waals surface area contributed by atoms with Crippen molar-refractivity contribution in [3.63, 3.8) is 0 Å². The maximum atomic E-state index is 13.1. The number of amides is 1. The van der Waals surface area contributed by atoms with Crippen molar-refractivity contribution in [3.05, 3.63) is 62.7 Å². The largest absolute Gasteiger partial charge is 0.497 e. The first kappa shape index (κ1) is 19.0. The molecule has 27 heavy (non-hydrogen) atoms. The van der Waals surface area contributed by atoms with Crippen LogP contribution in [0.3, 0.4) is 0 Å². The van der Waals surface area contributed by atoms with Crippen molar-refractivity contribution in [2.24, 2.45) is 0 Å². The molecule has 0 spiro atoms. The number of methoxy groups -OCH3 is 2. The molecule has 1 heterocycles. The van der Waals surface area contributed by atoms with Crippen LogP contribution < -0.4 is 9.47 Å². The number of hydrogen-bond acceptors (Lipinski definition) is 5. The Morgan fingerprint density at radius 2 is 2.00 bits per heavy atom. The van der Waals surface area contributed by atoms with Crippen molar-refractivity contribution in [1.29, 1.82) is 0 Å². The van der Waals surface area contributed by atoms with Crippen molar-refractivity contribution in [2.75, 3.05) is 20.8 Å². The van der Waals surface area contributed by atoms with Crippen LogP contribution in [0, 0.1) is 10.1 Å². The average molecular weight is 391 g/mol. The Labute approximate surface area is 161 Å². The average Bonchev–Trinajstić information content (AvgIpc) is 3.16. The van der Waals surface area contributed by atoms with Crippen LogP contribution in [-0.4, -0.2) is 36.5 Å². The highest BCUT2D eigenvalue weighted by molar-refractivity contribution is 6.34. The molecule has 7 nitrogen and oxygen atoms in total. The third-order valence-corrected chi connectivity index (χ3v) is 5.02. The van der Waals surface area contributed by atoms with Gasteiger partial charge in [-0.25, -0.2) is 0 Å². The molecule has 2 aromatic carbocycles. The minimum atomic E-state index is -0.542. The highest BCUT2D eigenvalue weighted by Crippen LogP contribution is 2.40. The molecule has 2 aromatic rings. The number of likely N-dealkylation sites (tertiary alicyclic amines) is 1. The van der Waals surface area contributed by atoms with Crippen LogP contribution in [0.5, 0.6) is 11.5 Å². The van der Waals surface area contributed by atoms with Crippen LogP contribution in [-0.2, 0) is 0 Å². The summed E-state index contributed by atoms with van der Waals surface area (Å²) in [6.07, 6.45) is 1.61. The van der Waals surface area contributed by atoms with Crippen LogP contribution in [0.2, 0.25) is 5.02 Å². The van der Waals surface area contributed by atoms with Gasteiger partial charge in [-0.15, -0.1) is 0 Å². The van der Waals surface area contributed by atoms with Crippen LogP contribution in [0.15, 0.2) is 36.4 Å². The summed E-state index contributed by atoms with van der Waals surface area (Å²) < 4.78 is 10.8. The third-order valence-electron chi connectivity index (χ3n) is 4.70. The molecule has 1 atom stereocenters. The molecule has 1 aliphatic rings. The Morgan fingerprint density at radius 3 is 2.63 bits per heavy atom. The Morgan fingerprint density at radius 1 is 1.22 bits per heavy atom. The van der Waals surface area contributed by atoms with Gasteiger partial charge in [0.05, 0.1) is 35.8 Å². The van der Waals surface area contributed by atoms with E-state index in [1.807, 2.05) is 12.1 Å². The van der Waals surface area contributed by atoms with Gasteiger partial charge in [0.1, 0.15) is 11.5 Å². The number of rotatable bonds is 5. The SMILES string of the molecule is COc1ccc(OC)c([C@@H]2CCCN2C(=O)c2ccc([N+](=O)[O-])cc2Cl)c1. The molecule has 3 rings (SSSR count).